The van der Waals surface area contributed by atoms with E-state index in [1.165, 1.54) is 23.1 Å². The molecule has 1 N–H and O–H groups in total. The van der Waals surface area contributed by atoms with Gasteiger partial charge in [-0.05, 0) is 36.6 Å². The minimum absolute atomic E-state index is 0.00432. The summed E-state index contributed by atoms with van der Waals surface area (Å²) in [5.74, 6) is -0.756. The van der Waals surface area contributed by atoms with Crippen LogP contribution in [-0.2, 0) is 15.0 Å². The van der Waals surface area contributed by atoms with E-state index in [0.29, 0.717) is 6.54 Å². The van der Waals surface area contributed by atoms with Crippen LogP contribution >= 0.6 is 0 Å². The Morgan fingerprint density at radius 2 is 2.00 bits per heavy atom. The number of nitrogens with zero attached hydrogens (tertiary/aromatic N) is 1. The fourth-order valence-corrected chi connectivity index (χ4v) is 2.29. The van der Waals surface area contributed by atoms with Gasteiger partial charge in [-0.3, -0.25) is 9.59 Å². The lowest BCUT2D eigenvalue weighted by Crippen LogP contribution is -2.40. The van der Waals surface area contributed by atoms with Gasteiger partial charge in [0.15, 0.2) is 0 Å². The fraction of sp³-hybridized carbons (Fsp3) is 0.375. The monoisotopic (exact) mass is 290 g/mol. The van der Waals surface area contributed by atoms with Gasteiger partial charge >= 0.3 is 0 Å². The average molecular weight is 290 g/mol. The van der Waals surface area contributed by atoms with Crippen molar-refractivity contribution in [1.29, 1.82) is 0 Å². The van der Waals surface area contributed by atoms with E-state index in [1.807, 2.05) is 0 Å². The number of hydrogen-bond donors (Lipinski definition) is 1. The predicted octanol–water partition coefficient (Wildman–Crippen LogP) is 1.62. The normalized spacial score (nSPS) is 15.1. The SMILES string of the molecule is C=CC(=O)N(C)CC(=O)NCC1(c2ccc(F)cc2)CC1. The summed E-state index contributed by atoms with van der Waals surface area (Å²) in [5, 5.41) is 2.85. The Kier molecular flexibility index (Phi) is 4.40. The van der Waals surface area contributed by atoms with Crippen LogP contribution in [0.4, 0.5) is 4.39 Å². The highest BCUT2D eigenvalue weighted by Gasteiger charge is 2.44. The Morgan fingerprint density at radius 3 is 2.52 bits per heavy atom. The minimum Gasteiger partial charge on any atom is -0.354 e. The lowest BCUT2D eigenvalue weighted by atomic mass is 9.96. The number of amides is 2. The Hall–Kier alpha value is -2.17. The first-order chi connectivity index (χ1) is 9.97. The van der Waals surface area contributed by atoms with E-state index in [0.717, 1.165) is 18.4 Å². The third-order valence-electron chi connectivity index (χ3n) is 3.87. The van der Waals surface area contributed by atoms with Crippen LogP contribution in [0.25, 0.3) is 0 Å². The molecule has 0 atom stereocenters. The molecular weight excluding hydrogens is 271 g/mol. The molecule has 0 unspecified atom stereocenters. The number of hydrogen-bond acceptors (Lipinski definition) is 2. The number of carbonyl (C=O) groups excluding carboxylic acids is 2. The van der Waals surface area contributed by atoms with Crippen molar-refractivity contribution in [2.75, 3.05) is 20.1 Å². The van der Waals surface area contributed by atoms with Crippen molar-refractivity contribution in [3.8, 4) is 0 Å². The number of halogens is 1. The number of nitrogens with one attached hydrogen (secondary N) is 1. The minimum atomic E-state index is -0.287. The maximum absolute atomic E-state index is 12.9. The van der Waals surface area contributed by atoms with Crippen molar-refractivity contribution in [3.63, 3.8) is 0 Å². The Balaban J connectivity index is 1.88. The molecule has 5 heteroatoms. The summed E-state index contributed by atoms with van der Waals surface area (Å²) in [7, 11) is 1.55. The second-order valence-electron chi connectivity index (χ2n) is 5.46. The van der Waals surface area contributed by atoms with E-state index < -0.39 is 0 Å². The summed E-state index contributed by atoms with van der Waals surface area (Å²) < 4.78 is 12.9. The summed E-state index contributed by atoms with van der Waals surface area (Å²) in [6.45, 7) is 3.89. The molecule has 0 aromatic heterocycles. The average Bonchev–Trinajstić information content (AvgIpc) is 3.26. The maximum Gasteiger partial charge on any atom is 0.246 e. The van der Waals surface area contributed by atoms with Gasteiger partial charge in [0.25, 0.3) is 0 Å². The van der Waals surface area contributed by atoms with Crippen LogP contribution in [0.3, 0.4) is 0 Å². The highest BCUT2D eigenvalue weighted by atomic mass is 19.1. The molecule has 1 aliphatic rings. The molecule has 0 saturated heterocycles. The van der Waals surface area contributed by atoms with Gasteiger partial charge < -0.3 is 10.2 Å². The maximum atomic E-state index is 12.9. The van der Waals surface area contributed by atoms with E-state index in [1.54, 1.807) is 19.2 Å². The smallest absolute Gasteiger partial charge is 0.246 e. The van der Waals surface area contributed by atoms with Crippen LogP contribution in [0.2, 0.25) is 0 Å². The second-order valence-corrected chi connectivity index (χ2v) is 5.46. The van der Waals surface area contributed by atoms with Gasteiger partial charge in [-0.1, -0.05) is 18.7 Å². The quantitative estimate of drug-likeness (QED) is 0.809. The van der Waals surface area contributed by atoms with Gasteiger partial charge in [-0.2, -0.15) is 0 Å². The summed E-state index contributed by atoms with van der Waals surface area (Å²) in [6, 6.07) is 6.41. The Morgan fingerprint density at radius 1 is 1.38 bits per heavy atom. The van der Waals surface area contributed by atoms with Gasteiger partial charge in [0.1, 0.15) is 5.82 Å². The molecule has 1 saturated carbocycles. The van der Waals surface area contributed by atoms with Crippen LogP contribution in [0.1, 0.15) is 18.4 Å². The molecule has 112 valence electrons. The van der Waals surface area contributed by atoms with E-state index in [-0.39, 0.29) is 29.6 Å². The second kappa shape index (κ2) is 6.08. The fourth-order valence-electron chi connectivity index (χ4n) is 2.29. The standard InChI is InChI=1S/C16H19FN2O2/c1-3-15(21)19(2)10-14(20)18-11-16(8-9-16)12-4-6-13(17)7-5-12/h3-7H,1,8-11H2,2H3,(H,18,20). The van der Waals surface area contributed by atoms with Gasteiger partial charge in [-0.15, -0.1) is 0 Å². The van der Waals surface area contributed by atoms with Gasteiger partial charge in [0.2, 0.25) is 11.8 Å². The molecule has 1 aliphatic carbocycles. The molecule has 1 aromatic carbocycles. The Labute approximate surface area is 123 Å². The van der Waals surface area contributed by atoms with E-state index in [4.69, 9.17) is 0 Å². The lowest BCUT2D eigenvalue weighted by Gasteiger charge is -2.19. The highest BCUT2D eigenvalue weighted by Crippen LogP contribution is 2.47. The molecule has 1 fully saturated rings. The molecule has 2 amide bonds. The first kappa shape index (κ1) is 15.2. The summed E-state index contributed by atoms with van der Waals surface area (Å²) >= 11 is 0. The van der Waals surface area contributed by atoms with Gasteiger partial charge in [0, 0.05) is 19.0 Å². The third kappa shape index (κ3) is 3.68. The molecule has 2 rings (SSSR count). The summed E-state index contributed by atoms with van der Waals surface area (Å²) in [4.78, 5) is 24.4. The zero-order valence-corrected chi connectivity index (χ0v) is 12.1. The number of benzene rings is 1. The molecule has 0 heterocycles. The number of rotatable bonds is 6. The van der Waals surface area contributed by atoms with Crippen molar-refractivity contribution >= 4 is 11.8 Å². The largest absolute Gasteiger partial charge is 0.354 e. The molecular formula is C16H19FN2O2. The highest BCUT2D eigenvalue weighted by molar-refractivity contribution is 5.90. The summed E-state index contributed by atoms with van der Waals surface area (Å²) in [5.41, 5.74) is 0.962. The van der Waals surface area contributed by atoms with Crippen LogP contribution in [-0.4, -0.2) is 36.9 Å². The van der Waals surface area contributed by atoms with Gasteiger partial charge in [-0.25, -0.2) is 4.39 Å². The van der Waals surface area contributed by atoms with E-state index in [9.17, 15) is 14.0 Å². The van der Waals surface area contributed by atoms with Crippen LogP contribution in [0.5, 0.6) is 0 Å². The summed E-state index contributed by atoms with van der Waals surface area (Å²) in [6.07, 6.45) is 3.12. The van der Waals surface area contributed by atoms with Gasteiger partial charge in [0.05, 0.1) is 6.54 Å². The molecule has 1 aromatic rings. The zero-order chi connectivity index (χ0) is 15.5. The van der Waals surface area contributed by atoms with Crippen molar-refractivity contribution in [2.24, 2.45) is 0 Å². The molecule has 0 radical (unpaired) electrons. The zero-order valence-electron chi connectivity index (χ0n) is 12.1. The van der Waals surface area contributed by atoms with E-state index in [2.05, 4.69) is 11.9 Å². The predicted molar refractivity (Wildman–Crippen MR) is 78.2 cm³/mol. The van der Waals surface area contributed by atoms with Crippen molar-refractivity contribution in [2.45, 2.75) is 18.3 Å². The molecule has 21 heavy (non-hydrogen) atoms. The number of likely N-dealkylation sites (N-methyl/N-ethyl adjacent to an activating group) is 1. The van der Waals surface area contributed by atoms with Crippen molar-refractivity contribution in [3.05, 3.63) is 48.3 Å². The molecule has 4 nitrogen and oxygen atoms in total. The van der Waals surface area contributed by atoms with Crippen molar-refractivity contribution in [1.82, 2.24) is 10.2 Å². The van der Waals surface area contributed by atoms with Crippen LogP contribution in [0.15, 0.2) is 36.9 Å². The third-order valence-corrected chi connectivity index (χ3v) is 3.87. The van der Waals surface area contributed by atoms with Crippen molar-refractivity contribution < 1.29 is 14.0 Å². The topological polar surface area (TPSA) is 49.4 Å². The van der Waals surface area contributed by atoms with E-state index >= 15 is 0 Å². The first-order valence-corrected chi connectivity index (χ1v) is 6.87. The number of carbonyl (C=O) groups is 2. The van der Waals surface area contributed by atoms with Crippen LogP contribution in [0, 0.1) is 5.82 Å². The first-order valence-electron chi connectivity index (χ1n) is 6.87. The molecule has 0 bridgehead atoms. The lowest BCUT2D eigenvalue weighted by molar-refractivity contribution is -0.131. The van der Waals surface area contributed by atoms with Crippen LogP contribution < -0.4 is 5.32 Å². The molecule has 0 spiro atoms. The molecule has 0 aliphatic heterocycles. The Bertz CT molecular complexity index is 550.